The van der Waals surface area contributed by atoms with E-state index >= 15 is 0 Å². The molecule has 0 radical (unpaired) electrons. The van der Waals surface area contributed by atoms with Gasteiger partial charge >= 0.3 is 13.9 Å². The summed E-state index contributed by atoms with van der Waals surface area (Å²) in [5.41, 5.74) is 8.76. The number of carbonyl (C=O) groups excluding carboxylic acids is 1. The number of phosphoric acid groups is 1. The first-order valence-corrected chi connectivity index (χ1v) is 14.0. The third-order valence-corrected chi connectivity index (χ3v) is 8.59. The van der Waals surface area contributed by atoms with Gasteiger partial charge < -0.3 is 30.5 Å². The molecule has 1 aliphatic carbocycles. The van der Waals surface area contributed by atoms with Gasteiger partial charge in [0, 0.05) is 5.92 Å². The number of rotatable bonds is 2. The van der Waals surface area contributed by atoms with E-state index in [-0.39, 0.29) is 36.6 Å². The second-order valence-electron chi connectivity index (χ2n) is 9.88. The van der Waals surface area contributed by atoms with Gasteiger partial charge in [-0.1, -0.05) is 48.5 Å². The van der Waals surface area contributed by atoms with Gasteiger partial charge in [0.2, 0.25) is 5.95 Å². The van der Waals surface area contributed by atoms with Gasteiger partial charge in [-0.2, -0.15) is 4.98 Å². The number of H-pyrrole nitrogens is 1. The zero-order valence-electron chi connectivity index (χ0n) is 20.7. The molecule has 6 N–H and O–H groups in total. The molecule has 1 aromatic heterocycles. The summed E-state index contributed by atoms with van der Waals surface area (Å²) in [5.74, 6) is -0.539. The predicted molar refractivity (Wildman–Crippen MR) is 140 cm³/mol. The van der Waals surface area contributed by atoms with Crippen molar-refractivity contribution in [3.8, 4) is 11.1 Å². The molecule has 14 nitrogen and oxygen atoms in total. The number of nitrogens with two attached hydrogens (primary N) is 1. The number of phosphoric ester groups is 1. The van der Waals surface area contributed by atoms with Crippen molar-refractivity contribution in [1.29, 1.82) is 0 Å². The van der Waals surface area contributed by atoms with Crippen LogP contribution < -0.4 is 21.5 Å². The molecule has 2 saturated heterocycles. The van der Waals surface area contributed by atoms with Gasteiger partial charge in [0.05, 0.1) is 6.61 Å². The van der Waals surface area contributed by atoms with Gasteiger partial charge in [0.1, 0.15) is 31.0 Å². The lowest BCUT2D eigenvalue weighted by Crippen LogP contribution is -2.70. The summed E-state index contributed by atoms with van der Waals surface area (Å²) in [5, 5.41) is 14.2. The fourth-order valence-electron chi connectivity index (χ4n) is 5.93. The number of fused-ring (bicyclic) bond motifs is 6. The average Bonchev–Trinajstić information content (AvgIpc) is 3.24. The SMILES string of the molecule is Nc1nc2c(c(=O)[nH]1)N(C(=O)OCC1c3ccccc3-c3ccccc31)C1C(N2)OC2COP(=O)(O)OC2C1O. The van der Waals surface area contributed by atoms with E-state index in [1.54, 1.807) is 0 Å². The van der Waals surface area contributed by atoms with Crippen LogP contribution in [0.5, 0.6) is 0 Å². The molecule has 6 atom stereocenters. The maximum Gasteiger partial charge on any atom is 0.472 e. The maximum atomic E-state index is 13.8. The smallest absolute Gasteiger partial charge is 0.448 e. The number of aliphatic hydroxyl groups excluding tert-OH is 1. The Morgan fingerprint density at radius 2 is 1.85 bits per heavy atom. The average molecular weight is 569 g/mol. The first-order chi connectivity index (χ1) is 19.2. The van der Waals surface area contributed by atoms with E-state index in [0.29, 0.717) is 0 Å². The second-order valence-corrected chi connectivity index (χ2v) is 11.3. The molecular formula is C25H24N5O9P. The highest BCUT2D eigenvalue weighted by Gasteiger charge is 2.57. The Morgan fingerprint density at radius 3 is 2.55 bits per heavy atom. The lowest BCUT2D eigenvalue weighted by Gasteiger charge is -2.51. The Kier molecular flexibility index (Phi) is 5.75. The van der Waals surface area contributed by atoms with Gasteiger partial charge in [0.25, 0.3) is 5.56 Å². The van der Waals surface area contributed by atoms with Crippen molar-refractivity contribution < 1.29 is 37.9 Å². The number of aliphatic hydroxyl groups is 1. The minimum atomic E-state index is -4.47. The number of nitrogens with zero attached hydrogens (tertiary/aromatic N) is 2. The highest BCUT2D eigenvalue weighted by atomic mass is 31.2. The molecule has 0 spiro atoms. The highest BCUT2D eigenvalue weighted by Crippen LogP contribution is 2.52. The zero-order chi connectivity index (χ0) is 27.8. The van der Waals surface area contributed by atoms with Crippen LogP contribution in [-0.4, -0.2) is 69.9 Å². The molecule has 0 bridgehead atoms. The largest absolute Gasteiger partial charge is 0.472 e. The van der Waals surface area contributed by atoms with Crippen molar-refractivity contribution in [2.45, 2.75) is 36.5 Å². The van der Waals surface area contributed by atoms with Gasteiger partial charge in [-0.05, 0) is 22.3 Å². The number of aromatic amines is 1. The number of aromatic nitrogens is 2. The van der Waals surface area contributed by atoms with Crippen LogP contribution in [0.25, 0.3) is 11.1 Å². The van der Waals surface area contributed by atoms with Crippen LogP contribution >= 0.6 is 7.82 Å². The summed E-state index contributed by atoms with van der Waals surface area (Å²) < 4.78 is 33.8. The number of hydrogen-bond donors (Lipinski definition) is 5. The Labute approximate surface area is 226 Å². The van der Waals surface area contributed by atoms with Gasteiger partial charge in [0.15, 0.2) is 17.7 Å². The van der Waals surface area contributed by atoms with Crippen molar-refractivity contribution in [3.05, 3.63) is 70.0 Å². The fraction of sp³-hybridized carbons (Fsp3) is 0.320. The third kappa shape index (κ3) is 3.91. The van der Waals surface area contributed by atoms with Crippen LogP contribution in [0.2, 0.25) is 0 Å². The molecule has 2 aromatic carbocycles. The molecule has 7 rings (SSSR count). The fourth-order valence-corrected chi connectivity index (χ4v) is 6.90. The summed E-state index contributed by atoms with van der Waals surface area (Å²) in [6.45, 7) is -0.411. The van der Waals surface area contributed by atoms with Crippen molar-refractivity contribution >= 4 is 31.4 Å². The monoisotopic (exact) mass is 569 g/mol. The zero-order valence-corrected chi connectivity index (χ0v) is 21.6. The molecule has 3 aromatic rings. The first kappa shape index (κ1) is 25.2. The van der Waals surface area contributed by atoms with Crippen molar-refractivity contribution in [3.63, 3.8) is 0 Å². The molecular weight excluding hydrogens is 545 g/mol. The number of nitrogens with one attached hydrogen (secondary N) is 2. The second kappa shape index (κ2) is 9.13. The molecule has 6 unspecified atom stereocenters. The van der Waals surface area contributed by atoms with Crippen LogP contribution in [-0.2, 0) is 23.1 Å². The number of amides is 1. The molecule has 208 valence electrons. The van der Waals surface area contributed by atoms with Gasteiger partial charge in [-0.15, -0.1) is 0 Å². The quantitative estimate of drug-likeness (QED) is 0.279. The topological polar surface area (TPSA) is 199 Å². The Morgan fingerprint density at radius 1 is 1.18 bits per heavy atom. The Balaban J connectivity index is 1.24. The normalized spacial score (nSPS) is 30.2. The number of carbonyl (C=O) groups is 1. The standard InChI is InChI=1S/C25H24N5O9P/c26-24-28-21-18(22(32)29-24)30(17-19(31)20-16(38-23(17)27-21)10-37-40(34,35)39-20)25(33)36-9-15-13-7-3-1-5-11(13)12-6-2-4-8-14(12)15/h1-8,15-17,19-20,23,31H,9-10H2,(H,34,35)(H4,26,27,28,29,32). The molecule has 4 aliphatic rings. The first-order valence-electron chi connectivity index (χ1n) is 12.5. The van der Waals surface area contributed by atoms with Gasteiger partial charge in [-0.25, -0.2) is 9.36 Å². The van der Waals surface area contributed by atoms with E-state index in [9.17, 15) is 24.2 Å². The van der Waals surface area contributed by atoms with Crippen LogP contribution in [0, 0.1) is 0 Å². The molecule has 2 fully saturated rings. The summed E-state index contributed by atoms with van der Waals surface area (Å²) in [6.07, 6.45) is -5.94. The molecule has 15 heteroatoms. The van der Waals surface area contributed by atoms with Crippen molar-refractivity contribution in [1.82, 2.24) is 9.97 Å². The Bertz CT molecular complexity index is 1590. The van der Waals surface area contributed by atoms with Crippen LogP contribution in [0.3, 0.4) is 0 Å². The van der Waals surface area contributed by atoms with E-state index in [1.165, 1.54) is 0 Å². The number of hydrogen-bond acceptors (Lipinski definition) is 11. The lowest BCUT2D eigenvalue weighted by atomic mass is 9.93. The molecule has 1 amide bonds. The molecule has 4 heterocycles. The van der Waals surface area contributed by atoms with E-state index in [0.717, 1.165) is 27.2 Å². The van der Waals surface area contributed by atoms with Crippen LogP contribution in [0.1, 0.15) is 17.0 Å². The van der Waals surface area contributed by atoms with Crippen LogP contribution in [0.15, 0.2) is 53.3 Å². The molecule has 0 saturated carbocycles. The Hall–Kier alpha value is -3.78. The highest BCUT2D eigenvalue weighted by molar-refractivity contribution is 7.47. The molecule has 3 aliphatic heterocycles. The summed E-state index contributed by atoms with van der Waals surface area (Å²) in [4.78, 5) is 44.1. The van der Waals surface area contributed by atoms with E-state index < -0.39 is 50.1 Å². The van der Waals surface area contributed by atoms with Crippen molar-refractivity contribution in [2.75, 3.05) is 29.2 Å². The van der Waals surface area contributed by atoms with E-state index in [1.807, 2.05) is 48.5 Å². The number of benzene rings is 2. The minimum absolute atomic E-state index is 0.0628. The minimum Gasteiger partial charge on any atom is -0.448 e. The number of anilines is 3. The maximum absolute atomic E-state index is 13.8. The lowest BCUT2D eigenvalue weighted by molar-refractivity contribution is -0.194. The number of ether oxygens (including phenoxy) is 2. The predicted octanol–water partition coefficient (Wildman–Crippen LogP) is 1.50. The summed E-state index contributed by atoms with van der Waals surface area (Å²) in [6, 6.07) is 14.3. The summed E-state index contributed by atoms with van der Waals surface area (Å²) >= 11 is 0. The van der Waals surface area contributed by atoms with Crippen molar-refractivity contribution in [2.24, 2.45) is 0 Å². The molecule has 40 heavy (non-hydrogen) atoms. The van der Waals surface area contributed by atoms with Gasteiger partial charge in [-0.3, -0.25) is 23.7 Å². The summed E-state index contributed by atoms with van der Waals surface area (Å²) in [7, 11) is -4.47. The number of nitrogen functional groups attached to an aromatic ring is 1. The third-order valence-electron chi connectivity index (χ3n) is 7.61. The van der Waals surface area contributed by atoms with E-state index in [2.05, 4.69) is 15.3 Å². The van der Waals surface area contributed by atoms with E-state index in [4.69, 9.17) is 24.3 Å². The van der Waals surface area contributed by atoms with Crippen LogP contribution in [0.4, 0.5) is 22.2 Å².